The van der Waals surface area contributed by atoms with Crippen molar-refractivity contribution in [2.24, 2.45) is 0 Å². The van der Waals surface area contributed by atoms with Crippen molar-refractivity contribution in [2.75, 3.05) is 0 Å². The number of nitrogens with zero attached hydrogens (tertiary/aromatic N) is 1. The third-order valence-electron chi connectivity index (χ3n) is 1.50. The van der Waals surface area contributed by atoms with Crippen molar-refractivity contribution in [3.63, 3.8) is 0 Å². The topological polar surface area (TPSA) is 12.9 Å². The Kier molecular flexibility index (Phi) is 14.5. The van der Waals surface area contributed by atoms with Crippen LogP contribution in [0.15, 0.2) is 31.1 Å². The molecule has 0 fully saturated rings. The van der Waals surface area contributed by atoms with E-state index in [4.69, 9.17) is 0 Å². The Labute approximate surface area is 100 Å². The summed E-state index contributed by atoms with van der Waals surface area (Å²) in [5, 5.41) is 2.31. The van der Waals surface area contributed by atoms with Crippen LogP contribution >= 0.6 is 0 Å². The lowest BCUT2D eigenvalue weighted by Crippen LogP contribution is -2.23. The van der Waals surface area contributed by atoms with Gasteiger partial charge < -0.3 is 0 Å². The van der Waals surface area contributed by atoms with Crippen LogP contribution in [-0.4, -0.2) is 4.98 Å². The fourth-order valence-electron chi connectivity index (χ4n) is 0.937. The lowest BCUT2D eigenvalue weighted by Gasteiger charge is -1.85. The van der Waals surface area contributed by atoms with Gasteiger partial charge in [-0.15, -0.1) is 0 Å². The Bertz CT molecular complexity index is 363. The highest BCUT2D eigenvalue weighted by atomic mass is 14.6. The summed E-state index contributed by atoms with van der Waals surface area (Å²) in [6.07, 6.45) is 10.7. The van der Waals surface area contributed by atoms with E-state index >= 15 is 0 Å². The Morgan fingerprint density at radius 3 is 2.25 bits per heavy atom. The molecular formula is C15H25N. The van der Waals surface area contributed by atoms with Crippen molar-refractivity contribution in [1.82, 2.24) is 4.98 Å². The van der Waals surface area contributed by atoms with Crippen LogP contribution in [0.4, 0.5) is 0 Å². The van der Waals surface area contributed by atoms with E-state index in [9.17, 15) is 0 Å². The number of pyridine rings is 1. The largest absolute Gasteiger partial charge is 0.264 e. The molecule has 16 heavy (non-hydrogen) atoms. The molecule has 0 unspecified atom stereocenters. The van der Waals surface area contributed by atoms with Crippen molar-refractivity contribution in [3.05, 3.63) is 41.6 Å². The first kappa shape index (κ1) is 17.0. The van der Waals surface area contributed by atoms with Crippen molar-refractivity contribution >= 4 is 12.2 Å². The maximum absolute atomic E-state index is 4.01. The lowest BCUT2D eigenvalue weighted by molar-refractivity contribution is 1.09. The molecular weight excluding hydrogens is 194 g/mol. The summed E-state index contributed by atoms with van der Waals surface area (Å²) in [5.74, 6) is 0. The molecule has 1 heteroatoms. The summed E-state index contributed by atoms with van der Waals surface area (Å²) in [4.78, 5) is 4.01. The fraction of sp³-hybridized carbons (Fsp3) is 0.400. The molecule has 1 rings (SSSR count). The first-order chi connectivity index (χ1) is 7.79. The van der Waals surface area contributed by atoms with E-state index in [-0.39, 0.29) is 0 Å². The van der Waals surface area contributed by atoms with Crippen molar-refractivity contribution in [2.45, 2.75) is 41.0 Å². The molecule has 0 aliphatic heterocycles. The van der Waals surface area contributed by atoms with Crippen LogP contribution in [0, 0.1) is 0 Å². The molecule has 0 aliphatic carbocycles. The Morgan fingerprint density at radius 2 is 1.81 bits per heavy atom. The van der Waals surface area contributed by atoms with Gasteiger partial charge in [-0.25, -0.2) is 0 Å². The van der Waals surface area contributed by atoms with Gasteiger partial charge in [0.1, 0.15) is 0 Å². The van der Waals surface area contributed by atoms with Crippen molar-refractivity contribution in [3.8, 4) is 0 Å². The van der Waals surface area contributed by atoms with Gasteiger partial charge >= 0.3 is 0 Å². The second-order valence-corrected chi connectivity index (χ2v) is 2.90. The van der Waals surface area contributed by atoms with Gasteiger partial charge in [0.2, 0.25) is 0 Å². The maximum Gasteiger partial charge on any atom is 0.0343 e. The van der Waals surface area contributed by atoms with E-state index in [1.165, 1.54) is 6.42 Å². The molecule has 0 aromatic carbocycles. The van der Waals surface area contributed by atoms with Crippen molar-refractivity contribution in [1.29, 1.82) is 0 Å². The number of hydrogen-bond acceptors (Lipinski definition) is 1. The number of hydrogen-bond donors (Lipinski definition) is 0. The maximum atomic E-state index is 4.01. The monoisotopic (exact) mass is 219 g/mol. The summed E-state index contributed by atoms with van der Waals surface area (Å²) in [6, 6.07) is 1.97. The van der Waals surface area contributed by atoms with Gasteiger partial charge in [-0.05, 0) is 23.4 Å². The summed E-state index contributed by atoms with van der Waals surface area (Å²) in [6.45, 7) is 13.9. The van der Waals surface area contributed by atoms with Crippen LogP contribution < -0.4 is 10.4 Å². The van der Waals surface area contributed by atoms with Crippen LogP contribution in [0.3, 0.4) is 0 Å². The summed E-state index contributed by atoms with van der Waals surface area (Å²) in [7, 11) is 0. The van der Waals surface area contributed by atoms with E-state index in [2.05, 4.69) is 25.4 Å². The van der Waals surface area contributed by atoms with Crippen LogP contribution in [0.2, 0.25) is 0 Å². The summed E-state index contributed by atoms with van der Waals surface area (Å²) < 4.78 is 0. The zero-order chi connectivity index (χ0) is 12.8. The average Bonchev–Trinajstić information content (AvgIpc) is 2.34. The first-order valence-electron chi connectivity index (χ1n) is 5.99. The zero-order valence-electron chi connectivity index (χ0n) is 11.3. The Morgan fingerprint density at radius 1 is 1.25 bits per heavy atom. The van der Waals surface area contributed by atoms with Gasteiger partial charge in [0.15, 0.2) is 0 Å². The summed E-state index contributed by atoms with van der Waals surface area (Å²) in [5.41, 5.74) is 0. The first-order valence-corrected chi connectivity index (χ1v) is 5.99. The molecule has 0 bridgehead atoms. The highest BCUT2D eigenvalue weighted by molar-refractivity contribution is 5.36. The molecule has 0 saturated heterocycles. The number of allylic oxidation sites excluding steroid dienone is 1. The van der Waals surface area contributed by atoms with E-state index in [1.54, 1.807) is 12.3 Å². The van der Waals surface area contributed by atoms with E-state index in [1.807, 2.05) is 45.2 Å². The minimum atomic E-state index is 1.15. The Balaban J connectivity index is 0. The third-order valence-corrected chi connectivity index (χ3v) is 1.50. The molecule has 0 atom stereocenters. The molecule has 0 N–H and O–H groups in total. The van der Waals surface area contributed by atoms with Gasteiger partial charge in [0, 0.05) is 12.4 Å². The average molecular weight is 219 g/mol. The standard InChI is InChI=1S/C10H11N.C3H8.C2H6/c1-3-5-10-6-7-11-8-9(10)4-2;1-3-2;1-2/h3-8H,1H2,2H3;3H2,1-2H3;1-2H3/b9-4-,10-5-;;. The molecule has 0 amide bonds. The van der Waals surface area contributed by atoms with E-state index in [0.717, 1.165) is 10.4 Å². The lowest BCUT2D eigenvalue weighted by atomic mass is 10.3. The smallest absolute Gasteiger partial charge is 0.0343 e. The normalized spacial score (nSPS) is 10.8. The molecule has 1 aromatic heterocycles. The van der Waals surface area contributed by atoms with Gasteiger partial charge in [0.25, 0.3) is 0 Å². The minimum Gasteiger partial charge on any atom is -0.264 e. The van der Waals surface area contributed by atoms with Gasteiger partial charge in [-0.3, -0.25) is 4.98 Å². The van der Waals surface area contributed by atoms with Gasteiger partial charge in [-0.1, -0.05) is 58.9 Å². The molecule has 90 valence electrons. The van der Waals surface area contributed by atoms with Gasteiger partial charge in [0.05, 0.1) is 0 Å². The second-order valence-electron chi connectivity index (χ2n) is 2.90. The molecule has 1 aromatic rings. The second kappa shape index (κ2) is 13.6. The number of rotatable bonds is 1. The minimum absolute atomic E-state index is 1.15. The predicted octanol–water partition coefficient (Wildman–Crippen LogP) is 3.29. The quantitative estimate of drug-likeness (QED) is 0.706. The van der Waals surface area contributed by atoms with Crippen molar-refractivity contribution < 1.29 is 0 Å². The fourth-order valence-corrected chi connectivity index (χ4v) is 0.937. The molecule has 0 spiro atoms. The number of aromatic nitrogens is 1. The molecule has 0 saturated carbocycles. The molecule has 0 radical (unpaired) electrons. The predicted molar refractivity (Wildman–Crippen MR) is 75.6 cm³/mol. The highest BCUT2D eigenvalue weighted by Crippen LogP contribution is 1.67. The third kappa shape index (κ3) is 7.98. The van der Waals surface area contributed by atoms with Crippen LogP contribution in [-0.2, 0) is 0 Å². The van der Waals surface area contributed by atoms with Crippen LogP contribution in [0.1, 0.15) is 41.0 Å². The highest BCUT2D eigenvalue weighted by Gasteiger charge is 1.79. The van der Waals surface area contributed by atoms with E-state index < -0.39 is 0 Å². The van der Waals surface area contributed by atoms with Crippen LogP contribution in [0.25, 0.3) is 12.2 Å². The molecule has 1 nitrogen and oxygen atoms in total. The van der Waals surface area contributed by atoms with Crippen LogP contribution in [0.5, 0.6) is 0 Å². The molecule has 1 heterocycles. The SMILES string of the molecule is C=C/C=c1/ccnc/c1=C/C.CC.CCC. The van der Waals surface area contributed by atoms with E-state index in [0.29, 0.717) is 0 Å². The molecule has 0 aliphatic rings. The van der Waals surface area contributed by atoms with Gasteiger partial charge in [-0.2, -0.15) is 0 Å². The zero-order valence-corrected chi connectivity index (χ0v) is 11.3. The summed E-state index contributed by atoms with van der Waals surface area (Å²) >= 11 is 0. The Hall–Kier alpha value is -1.37.